The van der Waals surface area contributed by atoms with Crippen LogP contribution in [0.5, 0.6) is 0 Å². The zero-order valence-corrected chi connectivity index (χ0v) is 21.2. The summed E-state index contributed by atoms with van der Waals surface area (Å²) in [6.07, 6.45) is 2.05. The molecule has 0 unspecified atom stereocenters. The van der Waals surface area contributed by atoms with Gasteiger partial charge in [-0.2, -0.15) is 10.2 Å². The fourth-order valence-electron chi connectivity index (χ4n) is 3.86. The first-order chi connectivity index (χ1) is 17.2. The molecule has 0 aliphatic rings. The summed E-state index contributed by atoms with van der Waals surface area (Å²) >= 11 is 4.17. The second-order valence-corrected chi connectivity index (χ2v) is 9.53. The number of halogens is 3. The molecule has 0 aromatic carbocycles. The smallest absolute Gasteiger partial charge is 0.280 e. The van der Waals surface area contributed by atoms with Crippen molar-refractivity contribution < 1.29 is 18.4 Å². The molecule has 5 rings (SSSR count). The van der Waals surface area contributed by atoms with E-state index in [1.54, 1.807) is 36.3 Å². The van der Waals surface area contributed by atoms with Gasteiger partial charge in [0.1, 0.15) is 15.4 Å². The van der Waals surface area contributed by atoms with Crippen LogP contribution < -0.4 is 11.1 Å². The molecule has 3 N–H and O–H groups in total. The Kier molecular flexibility index (Phi) is 6.00. The molecule has 14 heteroatoms. The van der Waals surface area contributed by atoms with Gasteiger partial charge in [0, 0.05) is 36.1 Å². The van der Waals surface area contributed by atoms with Gasteiger partial charge in [0.25, 0.3) is 18.2 Å². The zero-order chi connectivity index (χ0) is 25.7. The van der Waals surface area contributed by atoms with E-state index in [9.17, 15) is 18.4 Å². The van der Waals surface area contributed by atoms with Gasteiger partial charge in [-0.3, -0.25) is 14.3 Å². The van der Waals surface area contributed by atoms with Gasteiger partial charge in [0.2, 0.25) is 0 Å². The molecule has 0 aliphatic carbocycles. The van der Waals surface area contributed by atoms with Crippen molar-refractivity contribution in [1.82, 2.24) is 29.4 Å². The zero-order valence-electron chi connectivity index (χ0n) is 18.8. The van der Waals surface area contributed by atoms with Crippen molar-refractivity contribution >= 4 is 60.6 Å². The van der Waals surface area contributed by atoms with Gasteiger partial charge in [-0.25, -0.2) is 23.3 Å². The Bertz CT molecular complexity index is 1680. The molecule has 0 fully saturated rings. The van der Waals surface area contributed by atoms with Gasteiger partial charge in [-0.05, 0) is 47.5 Å². The predicted octanol–water partition coefficient (Wildman–Crippen LogP) is 4.58. The van der Waals surface area contributed by atoms with E-state index in [2.05, 4.69) is 41.4 Å². The molecule has 0 saturated heterocycles. The van der Waals surface area contributed by atoms with Gasteiger partial charge in [0.05, 0.1) is 15.9 Å². The molecular formula is C22H17BrF2N8O2S. The fraction of sp³-hybridized carbons (Fsp3) is 0.182. The van der Waals surface area contributed by atoms with Crippen LogP contribution >= 0.6 is 27.3 Å². The van der Waals surface area contributed by atoms with E-state index < -0.39 is 23.9 Å². The van der Waals surface area contributed by atoms with E-state index in [-0.39, 0.29) is 21.1 Å². The molecule has 36 heavy (non-hydrogen) atoms. The number of thiophene rings is 1. The third-order valence-corrected chi connectivity index (χ3v) is 7.31. The highest BCUT2D eigenvalue weighted by Gasteiger charge is 2.28. The van der Waals surface area contributed by atoms with E-state index >= 15 is 0 Å². The van der Waals surface area contributed by atoms with Crippen molar-refractivity contribution in [3.05, 3.63) is 57.2 Å². The normalized spacial score (nSPS) is 11.6. The number of nitrogens with two attached hydrogens (primary N) is 1. The maximum atomic E-state index is 13.7. The summed E-state index contributed by atoms with van der Waals surface area (Å²) in [5.74, 6) is -1.49. The second-order valence-electron chi connectivity index (χ2n) is 7.73. The third kappa shape index (κ3) is 3.91. The lowest BCUT2D eigenvalue weighted by Gasteiger charge is -2.10. The summed E-state index contributed by atoms with van der Waals surface area (Å²) in [5.41, 5.74) is 7.14. The minimum atomic E-state index is -2.85. The molecular weight excluding hydrogens is 558 g/mol. The van der Waals surface area contributed by atoms with Gasteiger partial charge >= 0.3 is 0 Å². The van der Waals surface area contributed by atoms with Crippen LogP contribution in [0.3, 0.4) is 0 Å². The first-order valence-corrected chi connectivity index (χ1v) is 12.2. The standard InChI is InChI=1S/C22H17BrF2N8O2S/c1-3-32-8-11(9(2)30-32)10-7-12(18(24)25)28-22-13(10)15(17(36-22)19(26)34)29-21(35)16-14(23)20-27-5-4-6-33(20)31-16/h4-8,18H,3H2,1-2H3,(H2,26,34)(H,29,35). The number of aromatic nitrogens is 6. The number of aryl methyl sites for hydroxylation is 2. The number of hydrogen-bond donors (Lipinski definition) is 2. The number of carbonyl (C=O) groups is 2. The highest BCUT2D eigenvalue weighted by Crippen LogP contribution is 2.43. The van der Waals surface area contributed by atoms with E-state index in [4.69, 9.17) is 5.73 Å². The summed E-state index contributed by atoms with van der Waals surface area (Å²) in [6, 6.07) is 2.90. The summed E-state index contributed by atoms with van der Waals surface area (Å²) in [6.45, 7) is 4.20. The SMILES string of the molecule is CCn1cc(-c2cc(C(F)F)nc3sc(C(N)=O)c(NC(=O)c4nn5cccnc5c4Br)c23)c(C)n1. The summed E-state index contributed by atoms with van der Waals surface area (Å²) in [7, 11) is 0. The Morgan fingerprint density at radius 1 is 1.28 bits per heavy atom. The van der Waals surface area contributed by atoms with Crippen LogP contribution in [0.2, 0.25) is 0 Å². The van der Waals surface area contributed by atoms with E-state index in [0.29, 0.717) is 38.9 Å². The minimum absolute atomic E-state index is 0.0113. The molecule has 0 bridgehead atoms. The lowest BCUT2D eigenvalue weighted by atomic mass is 10.0. The van der Waals surface area contributed by atoms with Crippen LogP contribution in [0.25, 0.3) is 27.0 Å². The summed E-state index contributed by atoms with van der Waals surface area (Å²) < 4.78 is 30.9. The summed E-state index contributed by atoms with van der Waals surface area (Å²) in [5, 5.41) is 11.7. The minimum Gasteiger partial charge on any atom is -0.365 e. The summed E-state index contributed by atoms with van der Waals surface area (Å²) in [4.78, 5) is 34.0. The van der Waals surface area contributed by atoms with Crippen LogP contribution in [0.15, 0.2) is 35.2 Å². The number of fused-ring (bicyclic) bond motifs is 2. The average molecular weight is 575 g/mol. The third-order valence-electron chi connectivity index (χ3n) is 5.48. The molecule has 0 radical (unpaired) electrons. The Hall–Kier alpha value is -3.78. The number of anilines is 1. The van der Waals surface area contributed by atoms with Crippen LogP contribution in [0.4, 0.5) is 14.5 Å². The Morgan fingerprint density at radius 2 is 2.06 bits per heavy atom. The molecule has 5 aromatic heterocycles. The van der Waals surface area contributed by atoms with Crippen LogP contribution in [0, 0.1) is 6.92 Å². The number of pyridine rings is 1. The average Bonchev–Trinajstić information content (AvgIpc) is 3.52. The number of primary amides is 1. The lowest BCUT2D eigenvalue weighted by Crippen LogP contribution is -2.17. The first-order valence-electron chi connectivity index (χ1n) is 10.6. The lowest BCUT2D eigenvalue weighted by molar-refractivity contribution is 0.100. The molecule has 0 spiro atoms. The van der Waals surface area contributed by atoms with E-state index in [1.165, 1.54) is 10.6 Å². The van der Waals surface area contributed by atoms with Crippen LogP contribution in [-0.4, -0.2) is 41.2 Å². The van der Waals surface area contributed by atoms with Gasteiger partial charge < -0.3 is 11.1 Å². The van der Waals surface area contributed by atoms with Crippen molar-refractivity contribution in [2.24, 2.45) is 5.73 Å². The Labute approximate surface area is 214 Å². The number of rotatable bonds is 6. The topological polar surface area (TPSA) is 133 Å². The van der Waals surface area contributed by atoms with Crippen LogP contribution in [0.1, 0.15) is 44.9 Å². The number of nitrogens with zero attached hydrogens (tertiary/aromatic N) is 6. The Morgan fingerprint density at radius 3 is 2.69 bits per heavy atom. The number of amides is 2. The number of hydrogen-bond acceptors (Lipinski definition) is 7. The second kappa shape index (κ2) is 9.02. The van der Waals surface area contributed by atoms with Crippen molar-refractivity contribution in [3.63, 3.8) is 0 Å². The highest BCUT2D eigenvalue weighted by molar-refractivity contribution is 9.10. The molecule has 10 nitrogen and oxygen atoms in total. The van der Waals surface area contributed by atoms with Crippen molar-refractivity contribution in [1.29, 1.82) is 0 Å². The van der Waals surface area contributed by atoms with Gasteiger partial charge in [0.15, 0.2) is 11.3 Å². The fourth-order valence-corrected chi connectivity index (χ4v) is 5.41. The number of alkyl halides is 2. The quantitative estimate of drug-likeness (QED) is 0.305. The Balaban J connectivity index is 1.74. The van der Waals surface area contributed by atoms with E-state index in [1.807, 2.05) is 6.92 Å². The molecule has 0 aliphatic heterocycles. The van der Waals surface area contributed by atoms with E-state index in [0.717, 1.165) is 11.3 Å². The largest absolute Gasteiger partial charge is 0.365 e. The maximum Gasteiger partial charge on any atom is 0.280 e. The van der Waals surface area contributed by atoms with Gasteiger partial charge in [-0.1, -0.05) is 0 Å². The van der Waals surface area contributed by atoms with Crippen molar-refractivity contribution in [2.75, 3.05) is 5.32 Å². The monoisotopic (exact) mass is 574 g/mol. The van der Waals surface area contributed by atoms with Crippen molar-refractivity contribution in [3.8, 4) is 11.1 Å². The maximum absolute atomic E-state index is 13.7. The molecule has 184 valence electrons. The molecule has 0 saturated carbocycles. The highest BCUT2D eigenvalue weighted by atomic mass is 79.9. The van der Waals surface area contributed by atoms with Crippen LogP contribution in [-0.2, 0) is 6.54 Å². The molecule has 5 aromatic rings. The van der Waals surface area contributed by atoms with Gasteiger partial charge in [-0.15, -0.1) is 11.3 Å². The molecule has 0 atom stereocenters. The molecule has 5 heterocycles. The number of carbonyl (C=O) groups excluding carboxylic acids is 2. The first kappa shape index (κ1) is 23.9. The number of nitrogens with one attached hydrogen (secondary N) is 1. The van der Waals surface area contributed by atoms with Crippen molar-refractivity contribution in [2.45, 2.75) is 26.8 Å². The molecule has 2 amide bonds. The predicted molar refractivity (Wildman–Crippen MR) is 133 cm³/mol.